The van der Waals surface area contributed by atoms with Crippen LogP contribution in [0.2, 0.25) is 0 Å². The topological polar surface area (TPSA) is 34.1 Å². The molecule has 3 rings (SSSR count). The molecule has 2 atom stereocenters. The summed E-state index contributed by atoms with van der Waals surface area (Å²) in [5.41, 5.74) is -0.371. The molecular weight excluding hydrogens is 224 g/mol. The molecule has 0 unspecified atom stereocenters. The number of Topliss-reactive ketones (excluding diaryl/α,β-unsaturated/α-hetero) is 2. The van der Waals surface area contributed by atoms with E-state index >= 15 is 0 Å². The van der Waals surface area contributed by atoms with Gasteiger partial charge in [-0.1, -0.05) is 51.1 Å². The fourth-order valence-corrected chi connectivity index (χ4v) is 4.13. The van der Waals surface area contributed by atoms with Crippen molar-refractivity contribution in [2.45, 2.75) is 39.0 Å². The second kappa shape index (κ2) is 3.11. The summed E-state index contributed by atoms with van der Waals surface area (Å²) in [4.78, 5) is 24.9. The molecule has 2 bridgehead atoms. The lowest BCUT2D eigenvalue weighted by Crippen LogP contribution is -2.41. The summed E-state index contributed by atoms with van der Waals surface area (Å²) in [6.45, 7) is 6.12. The van der Waals surface area contributed by atoms with Gasteiger partial charge >= 0.3 is 0 Å². The molecule has 0 spiro atoms. The zero-order valence-corrected chi connectivity index (χ0v) is 11.1. The van der Waals surface area contributed by atoms with E-state index in [0.717, 1.165) is 18.4 Å². The summed E-state index contributed by atoms with van der Waals surface area (Å²) in [5.74, 6) is -0.338. The number of hydrogen-bond acceptors (Lipinski definition) is 2. The van der Waals surface area contributed by atoms with Crippen molar-refractivity contribution in [2.24, 2.45) is 10.8 Å². The fraction of sp³-hybridized carbons (Fsp3) is 0.500. The first-order chi connectivity index (χ1) is 8.38. The Morgan fingerprint density at radius 3 is 2.00 bits per heavy atom. The van der Waals surface area contributed by atoms with Gasteiger partial charge in [-0.2, -0.15) is 0 Å². The zero-order valence-electron chi connectivity index (χ0n) is 11.1. The molecule has 0 N–H and O–H groups in total. The Bertz CT molecular complexity index is 543. The van der Waals surface area contributed by atoms with E-state index in [1.807, 2.05) is 37.3 Å². The smallest absolute Gasteiger partial charge is 0.210 e. The first-order valence-electron chi connectivity index (χ1n) is 6.53. The van der Waals surface area contributed by atoms with E-state index in [4.69, 9.17) is 0 Å². The predicted molar refractivity (Wildman–Crippen MR) is 69.3 cm³/mol. The van der Waals surface area contributed by atoms with Crippen molar-refractivity contribution in [2.75, 3.05) is 0 Å². The van der Waals surface area contributed by atoms with Crippen molar-refractivity contribution in [3.05, 3.63) is 35.9 Å². The van der Waals surface area contributed by atoms with Gasteiger partial charge < -0.3 is 0 Å². The van der Waals surface area contributed by atoms with Crippen molar-refractivity contribution in [1.82, 2.24) is 0 Å². The third-order valence-electron chi connectivity index (χ3n) is 5.81. The van der Waals surface area contributed by atoms with Crippen LogP contribution < -0.4 is 0 Å². The minimum Gasteiger partial charge on any atom is -0.290 e. The molecule has 0 saturated heterocycles. The van der Waals surface area contributed by atoms with Crippen LogP contribution in [0.25, 0.3) is 0 Å². The highest BCUT2D eigenvalue weighted by molar-refractivity contribution is 6.46. The summed E-state index contributed by atoms with van der Waals surface area (Å²) in [5, 5.41) is 0. The minimum atomic E-state index is -0.597. The highest BCUT2D eigenvalue weighted by Crippen LogP contribution is 2.69. The number of carbonyl (C=O) groups excluding carboxylic acids is 2. The number of fused-ring (bicyclic) bond motifs is 2. The van der Waals surface area contributed by atoms with E-state index in [2.05, 4.69) is 13.8 Å². The Hall–Kier alpha value is -1.44. The molecule has 2 aliphatic rings. The SMILES string of the molecule is CC1(C)[C@]2(C)CC[C@]1(c1ccccc1)C(=O)C2=O. The molecule has 1 aromatic carbocycles. The lowest BCUT2D eigenvalue weighted by molar-refractivity contribution is -0.141. The van der Waals surface area contributed by atoms with Crippen molar-refractivity contribution >= 4 is 11.6 Å². The average Bonchev–Trinajstić information content (AvgIpc) is 2.63. The molecule has 0 aromatic heterocycles. The molecule has 0 aliphatic heterocycles. The number of rotatable bonds is 1. The molecule has 2 heteroatoms. The van der Waals surface area contributed by atoms with Gasteiger partial charge in [-0.3, -0.25) is 9.59 Å². The molecule has 18 heavy (non-hydrogen) atoms. The van der Waals surface area contributed by atoms with E-state index in [0.29, 0.717) is 0 Å². The van der Waals surface area contributed by atoms with Gasteiger partial charge in [-0.15, -0.1) is 0 Å². The molecule has 0 heterocycles. The van der Waals surface area contributed by atoms with Gasteiger partial charge in [0.1, 0.15) is 0 Å². The van der Waals surface area contributed by atoms with Crippen LogP contribution in [-0.2, 0) is 15.0 Å². The highest BCUT2D eigenvalue weighted by Gasteiger charge is 2.75. The third kappa shape index (κ3) is 0.933. The van der Waals surface area contributed by atoms with Crippen LogP contribution in [0, 0.1) is 10.8 Å². The molecule has 2 aliphatic carbocycles. The molecule has 1 aromatic rings. The quantitative estimate of drug-likeness (QED) is 0.710. The molecule has 0 radical (unpaired) electrons. The summed E-state index contributed by atoms with van der Waals surface area (Å²) in [7, 11) is 0. The Morgan fingerprint density at radius 1 is 0.889 bits per heavy atom. The van der Waals surface area contributed by atoms with Crippen LogP contribution in [0.15, 0.2) is 30.3 Å². The largest absolute Gasteiger partial charge is 0.290 e. The maximum atomic E-state index is 12.6. The summed E-state index contributed by atoms with van der Waals surface area (Å²) >= 11 is 0. The van der Waals surface area contributed by atoms with Crippen molar-refractivity contribution in [1.29, 1.82) is 0 Å². The summed E-state index contributed by atoms with van der Waals surface area (Å²) < 4.78 is 0. The Labute approximate surface area is 107 Å². The first kappa shape index (κ1) is 11.6. The fourth-order valence-electron chi connectivity index (χ4n) is 4.13. The van der Waals surface area contributed by atoms with Gasteiger partial charge in [-0.05, 0) is 23.8 Å². The lowest BCUT2D eigenvalue weighted by atomic mass is 9.62. The number of carbonyl (C=O) groups is 2. The highest BCUT2D eigenvalue weighted by atomic mass is 16.2. The lowest BCUT2D eigenvalue weighted by Gasteiger charge is -2.38. The number of ketones is 2. The van der Waals surface area contributed by atoms with Crippen molar-refractivity contribution in [3.63, 3.8) is 0 Å². The Balaban J connectivity index is 2.30. The standard InChI is InChI=1S/C16H18O2/c1-14(2)15(3)9-10-16(14,13(18)12(15)17)11-7-5-4-6-8-11/h4-8H,9-10H2,1-3H3/t15-,16+/m1/s1. The summed E-state index contributed by atoms with van der Waals surface area (Å²) in [6.07, 6.45) is 1.62. The molecular formula is C16H18O2. The minimum absolute atomic E-state index is 0.164. The van der Waals surface area contributed by atoms with Crippen LogP contribution in [0.4, 0.5) is 0 Å². The maximum absolute atomic E-state index is 12.6. The molecule has 2 nitrogen and oxygen atoms in total. The van der Waals surface area contributed by atoms with Crippen LogP contribution in [-0.4, -0.2) is 11.6 Å². The Morgan fingerprint density at radius 2 is 1.50 bits per heavy atom. The average molecular weight is 242 g/mol. The van der Waals surface area contributed by atoms with E-state index in [9.17, 15) is 9.59 Å². The van der Waals surface area contributed by atoms with Crippen LogP contribution >= 0.6 is 0 Å². The van der Waals surface area contributed by atoms with Gasteiger partial charge in [0.05, 0.1) is 5.41 Å². The molecule has 0 amide bonds. The van der Waals surface area contributed by atoms with E-state index in [-0.39, 0.29) is 17.0 Å². The monoisotopic (exact) mass is 242 g/mol. The number of benzene rings is 1. The third-order valence-corrected chi connectivity index (χ3v) is 5.81. The van der Waals surface area contributed by atoms with Crippen molar-refractivity contribution < 1.29 is 9.59 Å². The maximum Gasteiger partial charge on any atom is 0.210 e. The number of hydrogen-bond donors (Lipinski definition) is 0. The molecule has 94 valence electrons. The van der Waals surface area contributed by atoms with Gasteiger partial charge in [0.2, 0.25) is 11.6 Å². The normalized spacial score (nSPS) is 37.3. The predicted octanol–water partition coefficient (Wildman–Crippen LogP) is 2.90. The van der Waals surface area contributed by atoms with Crippen LogP contribution in [0.3, 0.4) is 0 Å². The van der Waals surface area contributed by atoms with Crippen LogP contribution in [0.1, 0.15) is 39.2 Å². The summed E-state index contributed by atoms with van der Waals surface area (Å²) in [6, 6.07) is 9.83. The zero-order chi connectivity index (χ0) is 13.2. The Kier molecular flexibility index (Phi) is 2.01. The van der Waals surface area contributed by atoms with Gasteiger partial charge in [-0.25, -0.2) is 0 Å². The van der Waals surface area contributed by atoms with E-state index in [1.165, 1.54) is 0 Å². The molecule has 2 saturated carbocycles. The van der Waals surface area contributed by atoms with Gasteiger partial charge in [0.15, 0.2) is 0 Å². The second-order valence-corrected chi connectivity index (χ2v) is 6.39. The molecule has 2 fully saturated rings. The van der Waals surface area contributed by atoms with E-state index < -0.39 is 10.8 Å². The second-order valence-electron chi connectivity index (χ2n) is 6.39. The first-order valence-corrected chi connectivity index (χ1v) is 6.53. The van der Waals surface area contributed by atoms with Gasteiger partial charge in [0.25, 0.3) is 0 Å². The van der Waals surface area contributed by atoms with Crippen LogP contribution in [0.5, 0.6) is 0 Å². The van der Waals surface area contributed by atoms with Crippen molar-refractivity contribution in [3.8, 4) is 0 Å². The van der Waals surface area contributed by atoms with Gasteiger partial charge in [0, 0.05) is 5.41 Å². The van der Waals surface area contributed by atoms with E-state index in [1.54, 1.807) is 0 Å².